The van der Waals surface area contributed by atoms with E-state index in [1.54, 1.807) is 9.80 Å². The van der Waals surface area contributed by atoms with Gasteiger partial charge in [0.25, 0.3) is 0 Å². The molecule has 2 aliphatic rings. The fourth-order valence-electron chi connectivity index (χ4n) is 2.37. The first-order chi connectivity index (χ1) is 10.1. The molecule has 0 atom stereocenters. The summed E-state index contributed by atoms with van der Waals surface area (Å²) in [6, 6.07) is 0. The molecule has 0 aromatic carbocycles. The summed E-state index contributed by atoms with van der Waals surface area (Å²) in [4.78, 5) is 37.6. The Kier molecular flexibility index (Phi) is 5.86. The van der Waals surface area contributed by atoms with Gasteiger partial charge in [-0.1, -0.05) is 0 Å². The van der Waals surface area contributed by atoms with Crippen molar-refractivity contribution in [3.63, 3.8) is 0 Å². The smallest absolute Gasteiger partial charge is 0.303 e. The molecular formula is C13H20N2O5S. The van der Waals surface area contributed by atoms with Crippen LogP contribution in [0.15, 0.2) is 0 Å². The Morgan fingerprint density at radius 2 is 1.62 bits per heavy atom. The van der Waals surface area contributed by atoms with Crippen LogP contribution < -0.4 is 0 Å². The molecule has 2 saturated heterocycles. The normalized spacial score (nSPS) is 19.2. The van der Waals surface area contributed by atoms with E-state index in [-0.39, 0.29) is 29.9 Å². The summed E-state index contributed by atoms with van der Waals surface area (Å²) < 4.78 is 5.18. The van der Waals surface area contributed by atoms with Crippen LogP contribution in [-0.2, 0) is 19.1 Å². The highest BCUT2D eigenvalue weighted by atomic mass is 32.2. The summed E-state index contributed by atoms with van der Waals surface area (Å²) in [5, 5.41) is 8.64. The molecule has 21 heavy (non-hydrogen) atoms. The third-order valence-corrected chi connectivity index (χ3v) is 4.49. The van der Waals surface area contributed by atoms with Crippen molar-refractivity contribution in [2.75, 3.05) is 50.9 Å². The minimum atomic E-state index is -0.822. The van der Waals surface area contributed by atoms with Gasteiger partial charge >= 0.3 is 5.97 Å². The summed E-state index contributed by atoms with van der Waals surface area (Å²) in [5.74, 6) is -0.141. The molecule has 2 aliphatic heterocycles. The largest absolute Gasteiger partial charge is 0.481 e. The molecule has 0 saturated carbocycles. The summed E-state index contributed by atoms with van der Waals surface area (Å²) in [5.41, 5.74) is 0. The predicted octanol–water partition coefficient (Wildman–Crippen LogP) is -0.488. The van der Waals surface area contributed by atoms with E-state index in [0.29, 0.717) is 45.1 Å². The molecule has 118 valence electrons. The molecule has 2 heterocycles. The van der Waals surface area contributed by atoms with E-state index in [4.69, 9.17) is 9.84 Å². The number of carbonyl (C=O) groups is 3. The van der Waals surface area contributed by atoms with E-state index in [9.17, 15) is 14.4 Å². The number of aliphatic carboxylic acids is 1. The maximum Gasteiger partial charge on any atom is 0.303 e. The second-order valence-corrected chi connectivity index (χ2v) is 6.23. The molecule has 2 rings (SSSR count). The standard InChI is InChI=1S/C13H20N2O5S/c16-11(14-1-3-20-4-2-14)8-21-9-12(17)15-6-10(7-15)5-13(18)19/h10H,1-9H2,(H,18,19). The van der Waals surface area contributed by atoms with E-state index in [0.717, 1.165) is 0 Å². The third kappa shape index (κ3) is 4.89. The van der Waals surface area contributed by atoms with Crippen molar-refractivity contribution in [1.82, 2.24) is 9.80 Å². The van der Waals surface area contributed by atoms with Gasteiger partial charge in [-0.25, -0.2) is 0 Å². The van der Waals surface area contributed by atoms with Gasteiger partial charge in [-0.15, -0.1) is 11.8 Å². The van der Waals surface area contributed by atoms with Gasteiger partial charge in [-0.05, 0) is 0 Å². The first kappa shape index (κ1) is 16.1. The van der Waals surface area contributed by atoms with E-state index in [1.807, 2.05) is 0 Å². The molecule has 7 nitrogen and oxygen atoms in total. The van der Waals surface area contributed by atoms with Crippen LogP contribution in [0.1, 0.15) is 6.42 Å². The average molecular weight is 316 g/mol. The Hall–Kier alpha value is -1.28. The number of hydrogen-bond acceptors (Lipinski definition) is 5. The van der Waals surface area contributed by atoms with E-state index >= 15 is 0 Å². The van der Waals surface area contributed by atoms with Gasteiger partial charge in [-0.2, -0.15) is 0 Å². The highest BCUT2D eigenvalue weighted by molar-refractivity contribution is 8.00. The maximum atomic E-state index is 11.9. The molecular weight excluding hydrogens is 296 g/mol. The van der Waals surface area contributed by atoms with Crippen molar-refractivity contribution in [1.29, 1.82) is 0 Å². The van der Waals surface area contributed by atoms with Crippen LogP contribution in [0.5, 0.6) is 0 Å². The number of thioether (sulfide) groups is 1. The van der Waals surface area contributed by atoms with Crippen molar-refractivity contribution >= 4 is 29.5 Å². The zero-order chi connectivity index (χ0) is 15.2. The number of likely N-dealkylation sites (tertiary alicyclic amines) is 1. The highest BCUT2D eigenvalue weighted by Crippen LogP contribution is 2.20. The van der Waals surface area contributed by atoms with E-state index < -0.39 is 5.97 Å². The predicted molar refractivity (Wildman–Crippen MR) is 77.0 cm³/mol. The number of carbonyl (C=O) groups excluding carboxylic acids is 2. The fourth-order valence-corrected chi connectivity index (χ4v) is 3.19. The van der Waals surface area contributed by atoms with Crippen LogP contribution in [0.4, 0.5) is 0 Å². The van der Waals surface area contributed by atoms with Gasteiger partial charge in [0.1, 0.15) is 0 Å². The Morgan fingerprint density at radius 3 is 2.19 bits per heavy atom. The lowest BCUT2D eigenvalue weighted by atomic mass is 9.96. The monoisotopic (exact) mass is 316 g/mol. The Morgan fingerprint density at radius 1 is 1.05 bits per heavy atom. The van der Waals surface area contributed by atoms with E-state index in [2.05, 4.69) is 0 Å². The molecule has 0 bridgehead atoms. The number of morpholine rings is 1. The van der Waals surface area contributed by atoms with Crippen LogP contribution in [0, 0.1) is 5.92 Å². The molecule has 0 aromatic rings. The van der Waals surface area contributed by atoms with E-state index in [1.165, 1.54) is 11.8 Å². The van der Waals surface area contributed by atoms with Gasteiger partial charge in [0.15, 0.2) is 0 Å². The van der Waals surface area contributed by atoms with Gasteiger partial charge in [0.05, 0.1) is 31.1 Å². The average Bonchev–Trinajstić information content (AvgIpc) is 2.42. The van der Waals surface area contributed by atoms with Crippen molar-refractivity contribution in [2.45, 2.75) is 6.42 Å². The van der Waals surface area contributed by atoms with Crippen LogP contribution >= 0.6 is 11.8 Å². The molecule has 1 N–H and O–H groups in total. The SMILES string of the molecule is O=C(O)CC1CN(C(=O)CSCC(=O)N2CCOCC2)C1. The molecule has 2 amide bonds. The zero-order valence-electron chi connectivity index (χ0n) is 11.8. The first-order valence-electron chi connectivity index (χ1n) is 6.99. The molecule has 0 aromatic heterocycles. The second kappa shape index (κ2) is 7.65. The zero-order valence-corrected chi connectivity index (χ0v) is 12.6. The second-order valence-electron chi connectivity index (χ2n) is 5.25. The molecule has 0 aliphatic carbocycles. The number of amides is 2. The number of carboxylic acids is 1. The van der Waals surface area contributed by atoms with Crippen molar-refractivity contribution in [2.24, 2.45) is 5.92 Å². The fraction of sp³-hybridized carbons (Fsp3) is 0.769. The van der Waals surface area contributed by atoms with Gasteiger partial charge in [-0.3, -0.25) is 14.4 Å². The maximum absolute atomic E-state index is 11.9. The van der Waals surface area contributed by atoms with Crippen LogP contribution in [0.2, 0.25) is 0 Å². The van der Waals surface area contributed by atoms with Crippen LogP contribution in [-0.4, -0.2) is 83.6 Å². The number of ether oxygens (including phenoxy) is 1. The molecule has 0 radical (unpaired) electrons. The van der Waals surface area contributed by atoms with Crippen LogP contribution in [0.25, 0.3) is 0 Å². The number of carboxylic acid groups (broad SMARTS) is 1. The molecule has 2 fully saturated rings. The Labute approximate surface area is 127 Å². The summed E-state index contributed by atoms with van der Waals surface area (Å²) in [6.45, 7) is 3.43. The van der Waals surface area contributed by atoms with Gasteiger partial charge < -0.3 is 19.6 Å². The first-order valence-corrected chi connectivity index (χ1v) is 8.14. The van der Waals surface area contributed by atoms with Gasteiger partial charge in [0, 0.05) is 32.1 Å². The molecule has 0 unspecified atom stereocenters. The number of rotatable bonds is 6. The lowest BCUT2D eigenvalue weighted by molar-refractivity contribution is -0.143. The van der Waals surface area contributed by atoms with Gasteiger partial charge in [0.2, 0.25) is 11.8 Å². The number of hydrogen-bond donors (Lipinski definition) is 1. The van der Waals surface area contributed by atoms with Crippen molar-refractivity contribution < 1.29 is 24.2 Å². The summed E-state index contributed by atoms with van der Waals surface area (Å²) in [6.07, 6.45) is 0.117. The Balaban J connectivity index is 1.57. The molecule has 0 spiro atoms. The quantitative estimate of drug-likeness (QED) is 0.712. The van der Waals surface area contributed by atoms with Crippen LogP contribution in [0.3, 0.4) is 0 Å². The lowest BCUT2D eigenvalue weighted by Gasteiger charge is -2.38. The third-order valence-electron chi connectivity index (χ3n) is 3.59. The minimum absolute atomic E-state index is 0.0172. The topological polar surface area (TPSA) is 87.2 Å². The Bertz CT molecular complexity index is 405. The number of nitrogens with zero attached hydrogens (tertiary/aromatic N) is 2. The lowest BCUT2D eigenvalue weighted by Crippen LogP contribution is -2.51. The highest BCUT2D eigenvalue weighted by Gasteiger charge is 2.31. The van der Waals surface area contributed by atoms with Crippen molar-refractivity contribution in [3.8, 4) is 0 Å². The van der Waals surface area contributed by atoms with Crippen molar-refractivity contribution in [3.05, 3.63) is 0 Å². The molecule has 8 heteroatoms. The summed E-state index contributed by atoms with van der Waals surface area (Å²) >= 11 is 1.32. The minimum Gasteiger partial charge on any atom is -0.481 e. The summed E-state index contributed by atoms with van der Waals surface area (Å²) in [7, 11) is 0.